The van der Waals surface area contributed by atoms with Crippen LogP contribution in [0.1, 0.15) is 15.9 Å². The van der Waals surface area contributed by atoms with Crippen molar-refractivity contribution in [1.29, 1.82) is 5.26 Å². The number of methoxy groups -OCH3 is 1. The Kier molecular flexibility index (Phi) is 2.45. The van der Waals surface area contributed by atoms with E-state index in [4.69, 9.17) is 15.1 Å². The summed E-state index contributed by atoms with van der Waals surface area (Å²) in [6, 6.07) is 3.01. The van der Waals surface area contributed by atoms with Gasteiger partial charge in [-0.2, -0.15) is 5.26 Å². The first kappa shape index (κ1) is 9.00. The van der Waals surface area contributed by atoms with Crippen molar-refractivity contribution in [3.05, 3.63) is 23.4 Å². The number of nitriles is 1. The van der Waals surface area contributed by atoms with Crippen LogP contribution in [0.5, 0.6) is 5.88 Å². The van der Waals surface area contributed by atoms with Crippen LogP contribution in [-0.4, -0.2) is 23.2 Å². The number of hydrogen-bond donors (Lipinski definition) is 1. The van der Waals surface area contributed by atoms with Crippen LogP contribution in [0.15, 0.2) is 12.3 Å². The van der Waals surface area contributed by atoms with E-state index in [1.54, 1.807) is 6.07 Å². The lowest BCUT2D eigenvalue weighted by Gasteiger charge is -2.02. The van der Waals surface area contributed by atoms with Gasteiger partial charge in [0.2, 0.25) is 5.88 Å². The fourth-order valence-corrected chi connectivity index (χ4v) is 0.829. The van der Waals surface area contributed by atoms with Gasteiger partial charge in [-0.15, -0.1) is 0 Å². The molecule has 5 heteroatoms. The van der Waals surface area contributed by atoms with Crippen molar-refractivity contribution in [3.8, 4) is 11.9 Å². The Labute approximate surface area is 74.2 Å². The monoisotopic (exact) mass is 178 g/mol. The van der Waals surface area contributed by atoms with Gasteiger partial charge in [0.25, 0.3) is 0 Å². The minimum Gasteiger partial charge on any atom is -0.480 e. The third-order valence-electron chi connectivity index (χ3n) is 1.40. The van der Waals surface area contributed by atoms with Gasteiger partial charge in [0.15, 0.2) is 0 Å². The lowest BCUT2D eigenvalue weighted by atomic mass is 10.2. The zero-order chi connectivity index (χ0) is 9.84. The number of hydrogen-bond acceptors (Lipinski definition) is 4. The highest BCUT2D eigenvalue weighted by atomic mass is 16.5. The molecule has 0 bridgehead atoms. The van der Waals surface area contributed by atoms with Crippen LogP contribution >= 0.6 is 0 Å². The number of rotatable bonds is 2. The summed E-state index contributed by atoms with van der Waals surface area (Å²) >= 11 is 0. The molecule has 1 rings (SSSR count). The van der Waals surface area contributed by atoms with Crippen molar-refractivity contribution >= 4 is 5.97 Å². The van der Waals surface area contributed by atoms with E-state index in [1.165, 1.54) is 19.4 Å². The molecule has 0 radical (unpaired) electrons. The van der Waals surface area contributed by atoms with E-state index in [2.05, 4.69) is 4.98 Å². The molecule has 0 atom stereocenters. The molecule has 0 aliphatic heterocycles. The summed E-state index contributed by atoms with van der Waals surface area (Å²) in [4.78, 5) is 14.3. The van der Waals surface area contributed by atoms with Crippen molar-refractivity contribution in [2.45, 2.75) is 0 Å². The number of carboxylic acids is 1. The van der Waals surface area contributed by atoms with E-state index in [-0.39, 0.29) is 17.0 Å². The maximum Gasteiger partial charge on any atom is 0.341 e. The van der Waals surface area contributed by atoms with Gasteiger partial charge in [-0.25, -0.2) is 9.78 Å². The number of carbonyl (C=O) groups is 1. The van der Waals surface area contributed by atoms with Crippen molar-refractivity contribution in [2.75, 3.05) is 7.11 Å². The molecular weight excluding hydrogens is 172 g/mol. The molecule has 0 aliphatic carbocycles. The van der Waals surface area contributed by atoms with Crippen LogP contribution < -0.4 is 4.74 Å². The van der Waals surface area contributed by atoms with Gasteiger partial charge in [-0.05, 0) is 6.07 Å². The van der Waals surface area contributed by atoms with E-state index in [9.17, 15) is 4.79 Å². The summed E-state index contributed by atoms with van der Waals surface area (Å²) in [6.07, 6.45) is 1.26. The molecular formula is C8H6N2O3. The highest BCUT2D eigenvalue weighted by molar-refractivity contribution is 5.90. The Morgan fingerprint density at radius 3 is 2.92 bits per heavy atom. The molecule has 0 unspecified atom stereocenters. The fraction of sp³-hybridized carbons (Fsp3) is 0.125. The first-order valence-electron chi connectivity index (χ1n) is 3.36. The number of aromatic nitrogens is 1. The Balaban J connectivity index is 3.28. The summed E-state index contributed by atoms with van der Waals surface area (Å²) in [5.41, 5.74) is 0.0831. The van der Waals surface area contributed by atoms with Gasteiger partial charge < -0.3 is 9.84 Å². The van der Waals surface area contributed by atoms with Crippen LogP contribution in [0.2, 0.25) is 0 Å². The highest BCUT2D eigenvalue weighted by Gasteiger charge is 2.12. The Morgan fingerprint density at radius 1 is 1.77 bits per heavy atom. The lowest BCUT2D eigenvalue weighted by molar-refractivity contribution is 0.0692. The van der Waals surface area contributed by atoms with E-state index < -0.39 is 5.97 Å². The van der Waals surface area contributed by atoms with Crippen molar-refractivity contribution in [2.24, 2.45) is 0 Å². The molecule has 0 saturated heterocycles. The second-order valence-corrected chi connectivity index (χ2v) is 2.20. The van der Waals surface area contributed by atoms with Gasteiger partial charge in [0.05, 0.1) is 12.7 Å². The molecule has 1 aromatic rings. The van der Waals surface area contributed by atoms with E-state index in [0.29, 0.717) is 0 Å². The molecule has 5 nitrogen and oxygen atoms in total. The zero-order valence-electron chi connectivity index (χ0n) is 6.81. The third kappa shape index (κ3) is 1.73. The molecule has 13 heavy (non-hydrogen) atoms. The molecule has 0 aromatic carbocycles. The summed E-state index contributed by atoms with van der Waals surface area (Å²) in [5.74, 6) is -1.16. The minimum atomic E-state index is -1.17. The normalized spacial score (nSPS) is 8.92. The van der Waals surface area contributed by atoms with Crippen molar-refractivity contribution in [1.82, 2.24) is 4.98 Å². The second kappa shape index (κ2) is 3.54. The van der Waals surface area contributed by atoms with E-state index in [0.717, 1.165) is 0 Å². The van der Waals surface area contributed by atoms with Crippen LogP contribution in [0, 0.1) is 11.3 Å². The zero-order valence-corrected chi connectivity index (χ0v) is 6.81. The first-order chi connectivity index (χ1) is 6.19. The van der Waals surface area contributed by atoms with Crippen LogP contribution in [-0.2, 0) is 0 Å². The van der Waals surface area contributed by atoms with Gasteiger partial charge >= 0.3 is 5.97 Å². The average Bonchev–Trinajstić information content (AvgIpc) is 2.16. The first-order valence-corrected chi connectivity index (χ1v) is 3.36. The molecule has 1 N–H and O–H groups in total. The predicted molar refractivity (Wildman–Crippen MR) is 42.5 cm³/mol. The van der Waals surface area contributed by atoms with Crippen molar-refractivity contribution < 1.29 is 14.6 Å². The Bertz CT molecular complexity index is 381. The fourth-order valence-electron chi connectivity index (χ4n) is 0.829. The number of ether oxygens (including phenoxy) is 1. The molecule has 66 valence electrons. The maximum atomic E-state index is 10.6. The third-order valence-corrected chi connectivity index (χ3v) is 1.40. The quantitative estimate of drug-likeness (QED) is 0.719. The average molecular weight is 178 g/mol. The van der Waals surface area contributed by atoms with Crippen LogP contribution in [0.25, 0.3) is 0 Å². The number of nitrogens with zero attached hydrogens (tertiary/aromatic N) is 2. The predicted octanol–water partition coefficient (Wildman–Crippen LogP) is 0.660. The number of carboxylic acid groups (broad SMARTS) is 1. The topological polar surface area (TPSA) is 83.2 Å². The van der Waals surface area contributed by atoms with Gasteiger partial charge in [0.1, 0.15) is 11.6 Å². The maximum absolute atomic E-state index is 10.6. The second-order valence-electron chi connectivity index (χ2n) is 2.20. The summed E-state index contributed by atoms with van der Waals surface area (Å²) in [5, 5.41) is 17.2. The smallest absolute Gasteiger partial charge is 0.341 e. The molecule has 0 aliphatic rings. The Morgan fingerprint density at radius 2 is 2.46 bits per heavy atom. The lowest BCUT2D eigenvalue weighted by Crippen LogP contribution is -2.02. The summed E-state index contributed by atoms with van der Waals surface area (Å²) in [7, 11) is 1.32. The molecule has 0 fully saturated rings. The van der Waals surface area contributed by atoms with E-state index in [1.807, 2.05) is 0 Å². The van der Waals surface area contributed by atoms with Gasteiger partial charge in [-0.3, -0.25) is 0 Å². The van der Waals surface area contributed by atoms with Gasteiger partial charge in [0, 0.05) is 6.20 Å². The number of aromatic carboxylic acids is 1. The standard InChI is InChI=1S/C8H6N2O3/c1-13-7-6(8(11)12)2-5(3-9)4-10-7/h2,4H,1H3,(H,11,12). The summed E-state index contributed by atoms with van der Waals surface area (Å²) in [6.45, 7) is 0. The molecule has 1 heterocycles. The molecule has 1 aromatic heterocycles. The van der Waals surface area contributed by atoms with Gasteiger partial charge in [-0.1, -0.05) is 0 Å². The number of pyridine rings is 1. The molecule has 0 spiro atoms. The SMILES string of the molecule is COc1ncc(C#N)cc1C(=O)O. The summed E-state index contributed by atoms with van der Waals surface area (Å²) < 4.78 is 4.70. The van der Waals surface area contributed by atoms with E-state index >= 15 is 0 Å². The minimum absolute atomic E-state index is 0.00602. The van der Waals surface area contributed by atoms with Crippen LogP contribution in [0.4, 0.5) is 0 Å². The largest absolute Gasteiger partial charge is 0.480 e. The Hall–Kier alpha value is -2.09. The van der Waals surface area contributed by atoms with Crippen molar-refractivity contribution in [3.63, 3.8) is 0 Å². The molecule has 0 saturated carbocycles. The van der Waals surface area contributed by atoms with Crippen LogP contribution in [0.3, 0.4) is 0 Å². The highest BCUT2D eigenvalue weighted by Crippen LogP contribution is 2.15. The molecule has 0 amide bonds.